The second kappa shape index (κ2) is 3.82. The van der Waals surface area contributed by atoms with Gasteiger partial charge in [-0.25, -0.2) is 4.79 Å². The van der Waals surface area contributed by atoms with Gasteiger partial charge >= 0.3 is 5.71 Å². The van der Waals surface area contributed by atoms with Crippen molar-refractivity contribution in [3.8, 4) is 0 Å². The van der Waals surface area contributed by atoms with Crippen LogP contribution in [-0.4, -0.2) is 18.6 Å². The highest BCUT2D eigenvalue weighted by Crippen LogP contribution is 1.95. The highest BCUT2D eigenvalue weighted by molar-refractivity contribution is 7.55. The third kappa shape index (κ3) is 3.47. The van der Waals surface area contributed by atoms with Crippen LogP contribution in [0.15, 0.2) is 0 Å². The highest BCUT2D eigenvalue weighted by atomic mass is 31.1. The van der Waals surface area contributed by atoms with Gasteiger partial charge in [0.15, 0.2) is 0 Å². The molecule has 0 fully saturated rings. The first-order valence-electron chi connectivity index (χ1n) is 1.94. The maximum Gasteiger partial charge on any atom is 0.355 e. The molecular formula is C4H7O2P. The molecule has 3 heteroatoms. The SMILES string of the molecule is C=PC(=O)OCC. The Kier molecular flexibility index (Phi) is 3.62. The van der Waals surface area contributed by atoms with Crippen molar-refractivity contribution in [3.05, 3.63) is 0 Å². The van der Waals surface area contributed by atoms with E-state index >= 15 is 0 Å². The van der Waals surface area contributed by atoms with Gasteiger partial charge in [-0.3, -0.25) is 0 Å². The van der Waals surface area contributed by atoms with E-state index in [0.717, 1.165) is 0 Å². The van der Waals surface area contributed by atoms with E-state index in [2.05, 4.69) is 11.0 Å². The molecule has 0 amide bonds. The fourth-order valence-corrected chi connectivity index (χ4v) is 0.390. The standard InChI is InChI=1S/C4H7O2P/c1-3-6-4(5)7-2/h2-3H2,1H3. The van der Waals surface area contributed by atoms with E-state index in [-0.39, 0.29) is 5.71 Å². The molecule has 2 nitrogen and oxygen atoms in total. The molecule has 0 unspecified atom stereocenters. The third-order valence-corrected chi connectivity index (χ3v) is 0.784. The number of rotatable bonds is 2. The van der Waals surface area contributed by atoms with Gasteiger partial charge in [-0.2, -0.15) is 0 Å². The smallest absolute Gasteiger partial charge is 0.355 e. The van der Waals surface area contributed by atoms with Crippen LogP contribution in [0.4, 0.5) is 4.79 Å². The Hall–Kier alpha value is -0.360. The van der Waals surface area contributed by atoms with Gasteiger partial charge in [0.2, 0.25) is 0 Å². The van der Waals surface area contributed by atoms with Crippen LogP contribution in [-0.2, 0) is 4.74 Å². The Morgan fingerprint density at radius 3 is 2.71 bits per heavy atom. The van der Waals surface area contributed by atoms with Gasteiger partial charge in [-0.15, -0.1) is 0 Å². The molecule has 0 aromatic heterocycles. The van der Waals surface area contributed by atoms with E-state index in [9.17, 15) is 4.79 Å². The largest absolute Gasteiger partial charge is 0.460 e. The van der Waals surface area contributed by atoms with Gasteiger partial charge in [-0.05, 0) is 6.92 Å². The second-order valence-electron chi connectivity index (χ2n) is 0.857. The van der Waals surface area contributed by atoms with Crippen molar-refractivity contribution in [2.24, 2.45) is 0 Å². The molecular weight excluding hydrogens is 111 g/mol. The van der Waals surface area contributed by atoms with E-state index in [0.29, 0.717) is 14.8 Å². The van der Waals surface area contributed by atoms with Gasteiger partial charge in [0, 0.05) is 8.20 Å². The van der Waals surface area contributed by atoms with E-state index in [4.69, 9.17) is 0 Å². The zero-order valence-electron chi connectivity index (χ0n) is 4.18. The van der Waals surface area contributed by atoms with Crippen molar-refractivity contribution in [1.29, 1.82) is 0 Å². The van der Waals surface area contributed by atoms with Crippen LogP contribution in [0, 0.1) is 0 Å². The predicted molar refractivity (Wildman–Crippen MR) is 31.1 cm³/mol. The van der Waals surface area contributed by atoms with E-state index in [1.54, 1.807) is 6.92 Å². The number of hydrogen-bond acceptors (Lipinski definition) is 2. The van der Waals surface area contributed by atoms with Crippen molar-refractivity contribution in [1.82, 2.24) is 0 Å². The normalized spacial score (nSPS) is 8.71. The van der Waals surface area contributed by atoms with Crippen LogP contribution < -0.4 is 0 Å². The molecule has 0 heterocycles. The lowest BCUT2D eigenvalue weighted by atomic mass is 10.9. The number of ether oxygens (including phenoxy) is 1. The van der Waals surface area contributed by atoms with Crippen LogP contribution in [0.5, 0.6) is 0 Å². The predicted octanol–water partition coefficient (Wildman–Crippen LogP) is 1.52. The number of hydrogen-bond donors (Lipinski definition) is 0. The molecule has 0 aliphatic carbocycles. The maximum atomic E-state index is 10.1. The quantitative estimate of drug-likeness (QED) is 0.514. The topological polar surface area (TPSA) is 26.3 Å². The summed E-state index contributed by atoms with van der Waals surface area (Å²) in [6.45, 7) is 2.21. The maximum absolute atomic E-state index is 10.1. The molecule has 0 aliphatic heterocycles. The molecule has 0 atom stereocenters. The van der Waals surface area contributed by atoms with E-state index in [1.807, 2.05) is 0 Å². The molecule has 0 aromatic carbocycles. The Morgan fingerprint density at radius 2 is 2.57 bits per heavy atom. The molecule has 40 valence electrons. The first-order chi connectivity index (χ1) is 3.31. The second-order valence-corrected chi connectivity index (χ2v) is 1.54. The third-order valence-electron chi connectivity index (χ3n) is 0.397. The van der Waals surface area contributed by atoms with Gasteiger partial charge in [0.05, 0.1) is 6.61 Å². The molecule has 0 aliphatic rings. The zero-order valence-corrected chi connectivity index (χ0v) is 5.07. The van der Waals surface area contributed by atoms with Crippen LogP contribution in [0.3, 0.4) is 0 Å². The van der Waals surface area contributed by atoms with Crippen LogP contribution >= 0.6 is 8.20 Å². The molecule has 0 aromatic rings. The highest BCUT2D eigenvalue weighted by Gasteiger charge is 1.87. The summed E-state index contributed by atoms with van der Waals surface area (Å²) in [5, 5.41) is 0. The average molecular weight is 118 g/mol. The lowest BCUT2D eigenvalue weighted by molar-refractivity contribution is 0.181. The summed E-state index contributed by atoms with van der Waals surface area (Å²) in [5.41, 5.74) is -0.262. The average Bonchev–Trinajstić information content (AvgIpc) is 1.68. The minimum atomic E-state index is -0.262. The first kappa shape index (κ1) is 6.64. The Morgan fingerprint density at radius 1 is 2.00 bits per heavy atom. The minimum Gasteiger partial charge on any atom is -0.460 e. The van der Waals surface area contributed by atoms with Crippen molar-refractivity contribution in [2.45, 2.75) is 6.92 Å². The lowest BCUT2D eigenvalue weighted by Gasteiger charge is -1.90. The van der Waals surface area contributed by atoms with Gasteiger partial charge < -0.3 is 4.74 Å². The monoisotopic (exact) mass is 118 g/mol. The van der Waals surface area contributed by atoms with Crippen LogP contribution in [0.1, 0.15) is 6.92 Å². The van der Waals surface area contributed by atoms with E-state index in [1.165, 1.54) is 0 Å². The van der Waals surface area contributed by atoms with E-state index < -0.39 is 0 Å². The molecule has 0 saturated carbocycles. The molecule has 0 rings (SSSR count). The van der Waals surface area contributed by atoms with Crippen molar-refractivity contribution >= 4 is 20.2 Å². The van der Waals surface area contributed by atoms with Gasteiger partial charge in [0.1, 0.15) is 0 Å². The van der Waals surface area contributed by atoms with Crippen molar-refractivity contribution in [3.63, 3.8) is 0 Å². The molecule has 0 radical (unpaired) electrons. The van der Waals surface area contributed by atoms with Crippen molar-refractivity contribution in [2.75, 3.05) is 6.61 Å². The van der Waals surface area contributed by atoms with Crippen molar-refractivity contribution < 1.29 is 9.53 Å². The molecule has 0 saturated heterocycles. The Bertz CT molecular complexity index is 79.8. The summed E-state index contributed by atoms with van der Waals surface area (Å²) in [5.74, 6) is 0. The molecule has 0 spiro atoms. The number of carbonyl (C=O) groups excluding carboxylic acids is 1. The number of carbonyl (C=O) groups is 1. The van der Waals surface area contributed by atoms with Gasteiger partial charge in [-0.1, -0.05) is 6.30 Å². The summed E-state index contributed by atoms with van der Waals surface area (Å²) in [7, 11) is 0.433. The zero-order chi connectivity index (χ0) is 5.70. The Balaban J connectivity index is 3.17. The summed E-state index contributed by atoms with van der Waals surface area (Å²) in [4.78, 5) is 10.1. The molecule has 0 N–H and O–H groups in total. The summed E-state index contributed by atoms with van der Waals surface area (Å²) >= 11 is 0. The molecule has 7 heavy (non-hydrogen) atoms. The Labute approximate surface area is 44.3 Å². The summed E-state index contributed by atoms with van der Waals surface area (Å²) < 4.78 is 4.48. The summed E-state index contributed by atoms with van der Waals surface area (Å²) in [6.07, 6.45) is 3.30. The van der Waals surface area contributed by atoms with Gasteiger partial charge in [0.25, 0.3) is 0 Å². The van der Waals surface area contributed by atoms with Crippen LogP contribution in [0.2, 0.25) is 0 Å². The fourth-order valence-electron chi connectivity index (χ4n) is 0.169. The summed E-state index contributed by atoms with van der Waals surface area (Å²) in [6, 6.07) is 0. The first-order valence-corrected chi connectivity index (χ1v) is 3.02. The minimum absolute atomic E-state index is 0.262. The lowest BCUT2D eigenvalue weighted by Crippen LogP contribution is -1.90. The molecule has 0 bridgehead atoms. The fraction of sp³-hybridized carbons (Fsp3) is 0.500. The van der Waals surface area contributed by atoms with Crippen LogP contribution in [0.25, 0.3) is 0 Å².